The van der Waals surface area contributed by atoms with Gasteiger partial charge in [0, 0.05) is 24.8 Å². The highest BCUT2D eigenvalue weighted by Gasteiger charge is 2.30. The van der Waals surface area contributed by atoms with Crippen LogP contribution < -0.4 is 15.8 Å². The number of benzene rings is 1. The van der Waals surface area contributed by atoms with Gasteiger partial charge in [-0.05, 0) is 50.2 Å². The number of carbonyl (C=O) groups is 1. The van der Waals surface area contributed by atoms with Gasteiger partial charge in [-0.2, -0.15) is 4.52 Å². The van der Waals surface area contributed by atoms with Crippen LogP contribution in [0.4, 0.5) is 5.13 Å². The van der Waals surface area contributed by atoms with E-state index in [0.29, 0.717) is 17.2 Å². The van der Waals surface area contributed by atoms with E-state index in [1.54, 1.807) is 0 Å². The van der Waals surface area contributed by atoms with E-state index >= 15 is 0 Å². The molecule has 7 nitrogen and oxygen atoms in total. The molecular formula is C22H25N5O2S. The van der Waals surface area contributed by atoms with Crippen LogP contribution in [0.1, 0.15) is 48.5 Å². The first kappa shape index (κ1) is 19.2. The highest BCUT2D eigenvalue weighted by Crippen LogP contribution is 2.31. The van der Waals surface area contributed by atoms with Gasteiger partial charge in [-0.25, -0.2) is 4.98 Å². The first-order valence-electron chi connectivity index (χ1n) is 10.6. The van der Waals surface area contributed by atoms with Crippen LogP contribution in [0.3, 0.4) is 0 Å². The third-order valence-corrected chi connectivity index (χ3v) is 7.08. The maximum absolute atomic E-state index is 13.1. The third-order valence-electron chi connectivity index (χ3n) is 6.11. The number of nitrogens with zero attached hydrogens (tertiary/aromatic N) is 4. The van der Waals surface area contributed by atoms with E-state index in [0.717, 1.165) is 43.8 Å². The average molecular weight is 424 g/mol. The molecule has 1 amide bonds. The average Bonchev–Trinajstić information content (AvgIpc) is 3.19. The van der Waals surface area contributed by atoms with Crippen LogP contribution in [0.5, 0.6) is 0 Å². The number of hydrogen-bond acceptors (Lipinski definition) is 6. The van der Waals surface area contributed by atoms with E-state index in [2.05, 4.69) is 44.6 Å². The van der Waals surface area contributed by atoms with Crippen molar-refractivity contribution in [3.8, 4) is 0 Å². The Hall–Kier alpha value is -2.74. The lowest BCUT2D eigenvalue weighted by molar-refractivity contribution is -0.126. The summed E-state index contributed by atoms with van der Waals surface area (Å²) in [5.74, 6) is 0.0416. The fraction of sp³-hybridized carbons (Fsp3) is 0.455. The monoisotopic (exact) mass is 423 g/mol. The Kier molecular flexibility index (Phi) is 5.02. The summed E-state index contributed by atoms with van der Waals surface area (Å²) >= 11 is 1.41. The summed E-state index contributed by atoms with van der Waals surface area (Å²) in [5, 5.41) is 8.54. The van der Waals surface area contributed by atoms with Crippen molar-refractivity contribution in [2.75, 3.05) is 18.0 Å². The normalized spacial score (nSPS) is 21.4. The highest BCUT2D eigenvalue weighted by molar-refractivity contribution is 7.20. The highest BCUT2D eigenvalue weighted by atomic mass is 32.1. The number of nitrogens with one attached hydrogen (secondary N) is 1. The van der Waals surface area contributed by atoms with Crippen LogP contribution in [0, 0.1) is 12.8 Å². The molecule has 1 aliphatic heterocycles. The molecule has 30 heavy (non-hydrogen) atoms. The molecule has 1 saturated heterocycles. The van der Waals surface area contributed by atoms with Crippen molar-refractivity contribution in [2.45, 2.75) is 45.1 Å². The second-order valence-corrected chi connectivity index (χ2v) is 9.19. The predicted molar refractivity (Wildman–Crippen MR) is 117 cm³/mol. The van der Waals surface area contributed by atoms with Gasteiger partial charge in [0.15, 0.2) is 0 Å². The zero-order valence-corrected chi connectivity index (χ0v) is 17.8. The van der Waals surface area contributed by atoms with Gasteiger partial charge in [-0.1, -0.05) is 35.6 Å². The van der Waals surface area contributed by atoms with Gasteiger partial charge < -0.3 is 10.2 Å². The van der Waals surface area contributed by atoms with Crippen molar-refractivity contribution >= 4 is 27.3 Å². The topological polar surface area (TPSA) is 79.6 Å². The zero-order valence-electron chi connectivity index (χ0n) is 17.0. The summed E-state index contributed by atoms with van der Waals surface area (Å²) in [5.41, 5.74) is 3.14. The number of rotatable bonds is 3. The molecule has 1 N–H and O–H groups in total. The Morgan fingerprint density at radius 1 is 1.23 bits per heavy atom. The van der Waals surface area contributed by atoms with Gasteiger partial charge in [-0.15, -0.1) is 5.10 Å². The second-order valence-electron chi connectivity index (χ2n) is 8.25. The molecule has 0 bridgehead atoms. The summed E-state index contributed by atoms with van der Waals surface area (Å²) in [6, 6.07) is 10.0. The fourth-order valence-corrected chi connectivity index (χ4v) is 5.58. The third kappa shape index (κ3) is 3.60. The van der Waals surface area contributed by atoms with Gasteiger partial charge in [0.05, 0.1) is 12.0 Å². The maximum atomic E-state index is 13.1. The number of fused-ring (bicyclic) bond motifs is 2. The molecule has 3 aromatic rings. The van der Waals surface area contributed by atoms with Crippen molar-refractivity contribution in [3.63, 3.8) is 0 Å². The van der Waals surface area contributed by atoms with Gasteiger partial charge >= 0.3 is 0 Å². The molecule has 0 saturated carbocycles. The van der Waals surface area contributed by atoms with Gasteiger partial charge in [0.1, 0.15) is 0 Å². The quantitative estimate of drug-likeness (QED) is 0.701. The van der Waals surface area contributed by atoms with Crippen LogP contribution in [0.15, 0.2) is 35.1 Å². The molecular weight excluding hydrogens is 398 g/mol. The molecule has 3 heterocycles. The number of aromatic nitrogens is 3. The lowest BCUT2D eigenvalue weighted by Crippen LogP contribution is -2.44. The van der Waals surface area contributed by atoms with Crippen molar-refractivity contribution < 1.29 is 4.79 Å². The standard InChI is InChI=1S/C22H25N5O2S/c1-14-12-19(28)27-21(23-14)30-22(25-27)26-11-5-8-16(13-26)20(29)24-18-10-4-7-15-6-2-3-9-17(15)18/h2-3,6,9,12,16,18H,4-5,7-8,10-11,13H2,1H3,(H,24,29)/t16-,18+/m1/s1. The molecule has 8 heteroatoms. The molecule has 156 valence electrons. The lowest BCUT2D eigenvalue weighted by Gasteiger charge is -2.33. The van der Waals surface area contributed by atoms with Gasteiger partial charge in [-0.3, -0.25) is 9.59 Å². The van der Waals surface area contributed by atoms with E-state index in [9.17, 15) is 9.59 Å². The molecule has 5 rings (SSSR count). The molecule has 1 aromatic carbocycles. The van der Waals surface area contributed by atoms with Crippen LogP contribution in [-0.4, -0.2) is 33.6 Å². The van der Waals surface area contributed by atoms with Gasteiger partial charge in [0.2, 0.25) is 16.0 Å². The first-order valence-corrected chi connectivity index (χ1v) is 11.4. The Balaban J connectivity index is 1.32. The van der Waals surface area contributed by atoms with Crippen molar-refractivity contribution in [1.29, 1.82) is 0 Å². The van der Waals surface area contributed by atoms with Crippen LogP contribution in [-0.2, 0) is 11.2 Å². The van der Waals surface area contributed by atoms with E-state index in [4.69, 9.17) is 0 Å². The van der Waals surface area contributed by atoms with E-state index in [-0.39, 0.29) is 23.4 Å². The van der Waals surface area contributed by atoms with E-state index < -0.39 is 0 Å². The summed E-state index contributed by atoms with van der Waals surface area (Å²) in [7, 11) is 0. The number of carbonyl (C=O) groups excluding carboxylic acids is 1. The van der Waals surface area contributed by atoms with Crippen LogP contribution in [0.2, 0.25) is 0 Å². The van der Waals surface area contributed by atoms with E-state index in [1.165, 1.54) is 33.0 Å². The SMILES string of the molecule is Cc1cc(=O)n2nc(N3CCC[C@@H](C(=O)N[C@H]4CCCc5ccccc54)C3)sc2n1. The molecule has 0 radical (unpaired) electrons. The van der Waals surface area contributed by atoms with Gasteiger partial charge in [0.25, 0.3) is 5.56 Å². The van der Waals surface area contributed by atoms with Crippen LogP contribution >= 0.6 is 11.3 Å². The van der Waals surface area contributed by atoms with Crippen LogP contribution in [0.25, 0.3) is 4.96 Å². The molecule has 2 aliphatic rings. The fourth-order valence-electron chi connectivity index (χ4n) is 4.60. The summed E-state index contributed by atoms with van der Waals surface area (Å²) in [6.45, 7) is 3.27. The minimum absolute atomic E-state index is 0.0775. The molecule has 2 aromatic heterocycles. The summed E-state index contributed by atoms with van der Waals surface area (Å²) in [6.07, 6.45) is 4.98. The largest absolute Gasteiger partial charge is 0.349 e. The van der Waals surface area contributed by atoms with Crippen molar-refractivity contribution in [1.82, 2.24) is 19.9 Å². The number of aryl methyl sites for hydroxylation is 2. The molecule has 0 spiro atoms. The predicted octanol–water partition coefficient (Wildman–Crippen LogP) is 2.87. The summed E-state index contributed by atoms with van der Waals surface area (Å²) in [4.78, 5) is 32.4. The van der Waals surface area contributed by atoms with E-state index in [1.807, 2.05) is 6.92 Å². The molecule has 1 aliphatic carbocycles. The molecule has 0 unspecified atom stereocenters. The number of piperidine rings is 1. The lowest BCUT2D eigenvalue weighted by atomic mass is 9.87. The second kappa shape index (κ2) is 7.83. The zero-order chi connectivity index (χ0) is 20.7. The molecule has 2 atom stereocenters. The smallest absolute Gasteiger partial charge is 0.275 e. The number of anilines is 1. The minimum Gasteiger partial charge on any atom is -0.349 e. The Bertz CT molecular complexity index is 1150. The number of amides is 1. The van der Waals surface area contributed by atoms with Crippen molar-refractivity contribution in [3.05, 3.63) is 57.5 Å². The first-order chi connectivity index (χ1) is 14.6. The Morgan fingerprint density at radius 3 is 3.00 bits per heavy atom. The van der Waals surface area contributed by atoms with Crippen molar-refractivity contribution in [2.24, 2.45) is 5.92 Å². The summed E-state index contributed by atoms with van der Waals surface area (Å²) < 4.78 is 1.36. The minimum atomic E-state index is -0.165. The maximum Gasteiger partial charge on any atom is 0.275 e. The number of hydrogen-bond donors (Lipinski definition) is 1. The molecule has 1 fully saturated rings. The Labute approximate surface area is 178 Å². The Morgan fingerprint density at radius 2 is 2.10 bits per heavy atom.